The van der Waals surface area contributed by atoms with E-state index in [1.807, 2.05) is 60.7 Å². The standard InChI is InChI=1S/C34H39ClN2O7/c1-22(42-23(2)39)32(40)36-29-13-7-26(8-14-29)33-43-30(19-31(44-33)25-5-3-24(21-38)4-6-25)20-37-17-15-34(41,16-18-37)27-9-11-28(35)12-10-27/h3-14,22,30-31,33,38,41H,15-21H2,1-2H3,(H,36,40). The topological polar surface area (TPSA) is 118 Å². The van der Waals surface area contributed by atoms with Crippen molar-refractivity contribution in [3.63, 3.8) is 0 Å². The third kappa shape index (κ3) is 8.04. The van der Waals surface area contributed by atoms with Crippen LogP contribution in [0, 0.1) is 0 Å². The van der Waals surface area contributed by atoms with Gasteiger partial charge in [-0.3, -0.25) is 9.59 Å². The van der Waals surface area contributed by atoms with E-state index in [-0.39, 0.29) is 18.8 Å². The molecule has 2 heterocycles. The number of aliphatic hydroxyl groups excluding tert-OH is 1. The van der Waals surface area contributed by atoms with E-state index in [1.165, 1.54) is 13.8 Å². The quantitative estimate of drug-likeness (QED) is 0.277. The first-order chi connectivity index (χ1) is 21.1. The van der Waals surface area contributed by atoms with Crippen molar-refractivity contribution in [2.24, 2.45) is 0 Å². The van der Waals surface area contributed by atoms with Gasteiger partial charge >= 0.3 is 5.97 Å². The Morgan fingerprint density at radius 3 is 2.25 bits per heavy atom. The van der Waals surface area contributed by atoms with Crippen molar-refractivity contribution in [3.05, 3.63) is 100 Å². The Labute approximate surface area is 262 Å². The summed E-state index contributed by atoms with van der Waals surface area (Å²) in [5, 5.41) is 24.2. The lowest BCUT2D eigenvalue weighted by molar-refractivity contribution is -0.253. The van der Waals surface area contributed by atoms with E-state index < -0.39 is 29.9 Å². The first-order valence-electron chi connectivity index (χ1n) is 14.9. The molecule has 2 saturated heterocycles. The first-order valence-corrected chi connectivity index (χ1v) is 15.3. The maximum Gasteiger partial charge on any atom is 0.303 e. The molecule has 0 aromatic heterocycles. The number of nitrogens with one attached hydrogen (secondary N) is 1. The number of ether oxygens (including phenoxy) is 3. The molecular weight excluding hydrogens is 584 g/mol. The smallest absolute Gasteiger partial charge is 0.303 e. The lowest BCUT2D eigenvalue weighted by Gasteiger charge is -2.42. The van der Waals surface area contributed by atoms with Crippen molar-refractivity contribution in [2.45, 2.75) is 69.9 Å². The molecule has 3 aromatic carbocycles. The highest BCUT2D eigenvalue weighted by molar-refractivity contribution is 6.30. The number of piperidine rings is 1. The average Bonchev–Trinajstić information content (AvgIpc) is 3.02. The molecule has 1 amide bonds. The molecule has 5 rings (SSSR count). The minimum atomic E-state index is -0.909. The summed E-state index contributed by atoms with van der Waals surface area (Å²) in [5.74, 6) is -0.944. The Morgan fingerprint density at radius 1 is 1.00 bits per heavy atom. The fourth-order valence-corrected chi connectivity index (χ4v) is 5.87. The number of carbonyl (C=O) groups is 2. The van der Waals surface area contributed by atoms with Crippen LogP contribution >= 0.6 is 11.6 Å². The molecule has 3 aromatic rings. The number of aliphatic hydroxyl groups is 2. The van der Waals surface area contributed by atoms with Gasteiger partial charge in [0.1, 0.15) is 0 Å². The van der Waals surface area contributed by atoms with Crippen molar-refractivity contribution in [3.8, 4) is 0 Å². The summed E-state index contributed by atoms with van der Waals surface area (Å²) < 4.78 is 17.9. The summed E-state index contributed by atoms with van der Waals surface area (Å²) >= 11 is 6.05. The second-order valence-corrected chi connectivity index (χ2v) is 12.0. The Kier molecular flexibility index (Phi) is 10.4. The molecule has 2 aliphatic rings. The van der Waals surface area contributed by atoms with Gasteiger partial charge in [-0.05, 0) is 60.7 Å². The normalized spacial score (nSPS) is 22.6. The number of anilines is 1. The zero-order valence-corrected chi connectivity index (χ0v) is 25.7. The molecule has 0 radical (unpaired) electrons. The zero-order valence-electron chi connectivity index (χ0n) is 24.9. The molecule has 44 heavy (non-hydrogen) atoms. The van der Waals surface area contributed by atoms with Gasteiger partial charge in [0.05, 0.1) is 24.4 Å². The molecule has 10 heteroatoms. The monoisotopic (exact) mass is 622 g/mol. The Hall–Kier alpha value is -3.31. The van der Waals surface area contributed by atoms with Crippen molar-refractivity contribution < 1.29 is 34.0 Å². The second kappa shape index (κ2) is 14.2. The summed E-state index contributed by atoms with van der Waals surface area (Å²) in [4.78, 5) is 25.9. The molecule has 4 atom stereocenters. The van der Waals surface area contributed by atoms with Gasteiger partial charge in [-0.2, -0.15) is 0 Å². The van der Waals surface area contributed by atoms with Gasteiger partial charge < -0.3 is 34.6 Å². The van der Waals surface area contributed by atoms with E-state index in [2.05, 4.69) is 10.2 Å². The van der Waals surface area contributed by atoms with E-state index in [0.717, 1.165) is 35.3 Å². The summed E-state index contributed by atoms with van der Waals surface area (Å²) in [6, 6.07) is 22.4. The van der Waals surface area contributed by atoms with Crippen molar-refractivity contribution in [2.75, 3.05) is 25.0 Å². The molecule has 2 fully saturated rings. The number of hydrogen-bond acceptors (Lipinski definition) is 8. The minimum Gasteiger partial charge on any atom is -0.453 e. The van der Waals surface area contributed by atoms with Crippen molar-refractivity contribution >= 4 is 29.2 Å². The zero-order chi connectivity index (χ0) is 31.3. The molecular formula is C34H39ClN2O7. The van der Waals surface area contributed by atoms with Crippen LogP contribution in [-0.2, 0) is 36.0 Å². The fraction of sp³-hybridized carbons (Fsp3) is 0.412. The molecule has 234 valence electrons. The van der Waals surface area contributed by atoms with Crippen LogP contribution in [0.25, 0.3) is 0 Å². The minimum absolute atomic E-state index is 0.0277. The summed E-state index contributed by atoms with van der Waals surface area (Å²) in [6.45, 7) is 4.88. The van der Waals surface area contributed by atoms with Crippen LogP contribution in [0.3, 0.4) is 0 Å². The molecule has 3 N–H and O–H groups in total. The molecule has 4 unspecified atom stereocenters. The largest absolute Gasteiger partial charge is 0.453 e. The van der Waals surface area contributed by atoms with E-state index in [1.54, 1.807) is 12.1 Å². The lowest BCUT2D eigenvalue weighted by Crippen LogP contribution is -2.46. The third-order valence-corrected chi connectivity index (χ3v) is 8.56. The second-order valence-electron chi connectivity index (χ2n) is 11.6. The number of carbonyl (C=O) groups excluding carboxylic acids is 2. The maximum atomic E-state index is 12.4. The van der Waals surface area contributed by atoms with E-state index in [9.17, 15) is 19.8 Å². The highest BCUT2D eigenvalue weighted by atomic mass is 35.5. The average molecular weight is 623 g/mol. The first kappa shape index (κ1) is 32.1. The Bertz CT molecular complexity index is 1410. The number of esters is 1. The van der Waals surface area contributed by atoms with Crippen LogP contribution in [0.1, 0.15) is 67.8 Å². The number of nitrogens with zero attached hydrogens (tertiary/aromatic N) is 1. The van der Waals surface area contributed by atoms with Crippen LogP contribution in [-0.4, -0.2) is 58.8 Å². The SMILES string of the molecule is CC(=O)OC(C)C(=O)Nc1ccc(C2OC(CN3CCC(O)(c4ccc(Cl)cc4)CC3)CC(c3ccc(CO)cc3)O2)cc1. The van der Waals surface area contributed by atoms with Crippen LogP contribution in [0.5, 0.6) is 0 Å². The number of halogens is 1. The van der Waals surface area contributed by atoms with Gasteiger partial charge in [-0.15, -0.1) is 0 Å². The number of rotatable bonds is 9. The van der Waals surface area contributed by atoms with Crippen molar-refractivity contribution in [1.29, 1.82) is 0 Å². The molecule has 0 bridgehead atoms. The summed E-state index contributed by atoms with van der Waals surface area (Å²) in [7, 11) is 0. The molecule has 0 saturated carbocycles. The molecule has 0 aliphatic carbocycles. The van der Waals surface area contributed by atoms with E-state index >= 15 is 0 Å². The fourth-order valence-electron chi connectivity index (χ4n) is 5.75. The third-order valence-electron chi connectivity index (χ3n) is 8.30. The highest BCUT2D eigenvalue weighted by Crippen LogP contribution is 2.39. The molecule has 2 aliphatic heterocycles. The van der Waals surface area contributed by atoms with Gasteiger partial charge in [0.25, 0.3) is 5.91 Å². The Balaban J connectivity index is 1.27. The predicted molar refractivity (Wildman–Crippen MR) is 166 cm³/mol. The summed E-state index contributed by atoms with van der Waals surface area (Å²) in [5.41, 5.74) is 3.19. The number of likely N-dealkylation sites (tertiary alicyclic amines) is 1. The van der Waals surface area contributed by atoms with Gasteiger partial charge in [0.2, 0.25) is 0 Å². The summed E-state index contributed by atoms with van der Waals surface area (Å²) in [6.07, 6.45) is -0.0553. The molecule has 9 nitrogen and oxygen atoms in total. The predicted octanol–water partition coefficient (Wildman–Crippen LogP) is 5.25. The number of hydrogen-bond donors (Lipinski definition) is 3. The number of amides is 1. The van der Waals surface area contributed by atoms with E-state index in [0.29, 0.717) is 36.5 Å². The van der Waals surface area contributed by atoms with Crippen LogP contribution in [0.2, 0.25) is 5.02 Å². The highest BCUT2D eigenvalue weighted by Gasteiger charge is 2.37. The van der Waals surface area contributed by atoms with Gasteiger partial charge in [-0.25, -0.2) is 0 Å². The lowest BCUT2D eigenvalue weighted by atomic mass is 9.84. The molecule has 0 spiro atoms. The van der Waals surface area contributed by atoms with Crippen molar-refractivity contribution in [1.82, 2.24) is 4.90 Å². The Morgan fingerprint density at radius 2 is 1.64 bits per heavy atom. The number of benzene rings is 3. The van der Waals surface area contributed by atoms with Crippen LogP contribution in [0.15, 0.2) is 72.8 Å². The van der Waals surface area contributed by atoms with Gasteiger partial charge in [0.15, 0.2) is 12.4 Å². The van der Waals surface area contributed by atoms with E-state index in [4.69, 9.17) is 25.8 Å². The van der Waals surface area contributed by atoms with Crippen LogP contribution < -0.4 is 5.32 Å². The van der Waals surface area contributed by atoms with Gasteiger partial charge in [-0.1, -0.05) is 60.1 Å². The van der Waals surface area contributed by atoms with Gasteiger partial charge in [0, 0.05) is 49.3 Å². The maximum absolute atomic E-state index is 12.4. The van der Waals surface area contributed by atoms with Crippen LogP contribution in [0.4, 0.5) is 5.69 Å².